The van der Waals surface area contributed by atoms with Gasteiger partial charge in [0.1, 0.15) is 5.82 Å². The van der Waals surface area contributed by atoms with Crippen LogP contribution in [0, 0.1) is 0 Å². The lowest BCUT2D eigenvalue weighted by atomic mass is 9.95. The topological polar surface area (TPSA) is 71.1 Å². The summed E-state index contributed by atoms with van der Waals surface area (Å²) in [5.41, 5.74) is 3.93. The molecule has 0 spiro atoms. The molecule has 2 aromatic carbocycles. The first kappa shape index (κ1) is 24.8. The molecule has 5 nitrogen and oxygen atoms in total. The minimum atomic E-state index is -4.42. The Bertz CT molecular complexity index is 1320. The maximum atomic E-state index is 13.3. The van der Waals surface area contributed by atoms with E-state index in [1.807, 2.05) is 12.1 Å². The van der Waals surface area contributed by atoms with Crippen molar-refractivity contribution in [2.75, 3.05) is 11.9 Å². The highest BCUT2D eigenvalue weighted by atomic mass is 32.2. The van der Waals surface area contributed by atoms with Crippen molar-refractivity contribution in [3.63, 3.8) is 0 Å². The number of anilines is 1. The highest BCUT2D eigenvalue weighted by Crippen LogP contribution is 2.33. The monoisotopic (exact) mass is 515 g/mol. The van der Waals surface area contributed by atoms with E-state index in [0.29, 0.717) is 36.4 Å². The number of alkyl halides is 3. The summed E-state index contributed by atoms with van der Waals surface area (Å²) in [6.45, 7) is 1.84. The van der Waals surface area contributed by atoms with Gasteiger partial charge in [-0.1, -0.05) is 30.3 Å². The minimum Gasteiger partial charge on any atom is -0.367 e. The number of benzene rings is 2. The molecule has 0 unspecified atom stereocenters. The molecule has 2 N–H and O–H groups in total. The van der Waals surface area contributed by atoms with E-state index in [0.717, 1.165) is 42.9 Å². The van der Waals surface area contributed by atoms with Gasteiger partial charge in [0.25, 0.3) is 0 Å². The molecular weight excluding hydrogens is 487 g/mol. The molecule has 190 valence electrons. The van der Waals surface area contributed by atoms with Crippen LogP contribution < -0.4 is 10.6 Å². The molecule has 5 rings (SSSR count). The third kappa shape index (κ3) is 5.27. The summed E-state index contributed by atoms with van der Waals surface area (Å²) in [7, 11) is -3.47. The summed E-state index contributed by atoms with van der Waals surface area (Å²) in [6.07, 6.45) is -0.439. The number of rotatable bonds is 5. The van der Waals surface area contributed by atoms with Crippen LogP contribution in [0.2, 0.25) is 0 Å². The highest BCUT2D eigenvalue weighted by Gasteiger charge is 2.33. The molecule has 1 aliphatic heterocycles. The van der Waals surface area contributed by atoms with Crippen LogP contribution in [-0.2, 0) is 29.0 Å². The maximum absolute atomic E-state index is 13.3. The number of halogens is 3. The fourth-order valence-corrected chi connectivity index (χ4v) is 6.85. The fraction of sp³-hybridized carbons (Fsp3) is 0.370. The zero-order valence-corrected chi connectivity index (χ0v) is 20.5. The molecule has 9 heteroatoms. The average molecular weight is 516 g/mol. The van der Waals surface area contributed by atoms with E-state index in [9.17, 15) is 21.6 Å². The Balaban J connectivity index is 1.21. The van der Waals surface area contributed by atoms with Gasteiger partial charge in [-0.2, -0.15) is 13.2 Å². The zero-order chi connectivity index (χ0) is 25.3. The number of fused-ring (bicyclic) bond motifs is 1. The van der Waals surface area contributed by atoms with Gasteiger partial charge in [-0.25, -0.2) is 13.4 Å². The van der Waals surface area contributed by atoms with Crippen molar-refractivity contribution in [1.82, 2.24) is 10.3 Å². The Labute approximate surface area is 209 Å². The number of sulfone groups is 1. The molecule has 36 heavy (non-hydrogen) atoms. The third-order valence-corrected chi connectivity index (χ3v) is 9.44. The number of nitrogens with one attached hydrogen (secondary N) is 2. The Morgan fingerprint density at radius 2 is 1.61 bits per heavy atom. The lowest BCUT2D eigenvalue weighted by Gasteiger charge is -2.29. The molecule has 2 heterocycles. The van der Waals surface area contributed by atoms with Gasteiger partial charge >= 0.3 is 6.18 Å². The number of aromatic nitrogens is 1. The molecule has 3 aromatic rings. The van der Waals surface area contributed by atoms with Gasteiger partial charge in [0, 0.05) is 18.8 Å². The van der Waals surface area contributed by atoms with Crippen molar-refractivity contribution in [3.8, 4) is 11.1 Å². The van der Waals surface area contributed by atoms with Crippen LogP contribution in [0.25, 0.3) is 11.1 Å². The molecule has 1 saturated carbocycles. The normalized spacial score (nSPS) is 20.5. The van der Waals surface area contributed by atoms with Crippen molar-refractivity contribution in [2.45, 2.75) is 61.0 Å². The lowest BCUT2D eigenvalue weighted by molar-refractivity contribution is -0.137. The molecule has 0 atom stereocenters. The average Bonchev–Trinajstić information content (AvgIpc) is 2.88. The van der Waals surface area contributed by atoms with E-state index in [1.54, 1.807) is 12.1 Å². The van der Waals surface area contributed by atoms with Crippen molar-refractivity contribution in [3.05, 3.63) is 77.5 Å². The summed E-state index contributed by atoms with van der Waals surface area (Å²) >= 11 is 0. The number of nitrogens with zero attached hydrogens (tertiary/aromatic N) is 1. The standard InChI is InChI=1S/C27H28F3N3O2S/c28-27(29,30)22-5-12-26(32-17-22)33-23-6-10-25(11-7-23)36(34,35)24-8-3-18(4-9-24)19-1-2-21-16-31-14-13-20(21)15-19/h1-5,8-9,12,15,17,23,25,31H,6-7,10-11,13-14,16H2,(H,32,33)/t23-,25-. The van der Waals surface area contributed by atoms with Gasteiger partial charge in [0.05, 0.1) is 15.7 Å². The van der Waals surface area contributed by atoms with Crippen LogP contribution in [0.1, 0.15) is 42.4 Å². The highest BCUT2D eigenvalue weighted by molar-refractivity contribution is 7.92. The summed E-state index contributed by atoms with van der Waals surface area (Å²) in [5, 5.41) is 6.03. The predicted molar refractivity (Wildman–Crippen MR) is 133 cm³/mol. The van der Waals surface area contributed by atoms with E-state index in [1.165, 1.54) is 17.2 Å². The van der Waals surface area contributed by atoms with Gasteiger partial charge in [0.15, 0.2) is 9.84 Å². The van der Waals surface area contributed by atoms with Crippen LogP contribution in [0.4, 0.5) is 19.0 Å². The second-order valence-electron chi connectivity index (χ2n) is 9.53. The van der Waals surface area contributed by atoms with Crippen LogP contribution in [0.3, 0.4) is 0 Å². The van der Waals surface area contributed by atoms with Crippen molar-refractivity contribution < 1.29 is 21.6 Å². The Hall–Kier alpha value is -2.91. The number of hydrogen-bond acceptors (Lipinski definition) is 5. The van der Waals surface area contributed by atoms with Gasteiger partial charge < -0.3 is 10.6 Å². The third-order valence-electron chi connectivity index (χ3n) is 7.16. The molecule has 1 aliphatic carbocycles. The Kier molecular flexibility index (Phi) is 6.78. The van der Waals surface area contributed by atoms with Crippen LogP contribution in [0.15, 0.2) is 65.7 Å². The SMILES string of the molecule is O=S(=O)(c1ccc(-c2ccc3c(c2)CCNC3)cc1)[C@H]1CC[C@H](Nc2ccc(C(F)(F)F)cn2)CC1. The van der Waals surface area contributed by atoms with Crippen molar-refractivity contribution in [1.29, 1.82) is 0 Å². The second-order valence-corrected chi connectivity index (χ2v) is 11.8. The Morgan fingerprint density at radius 3 is 2.28 bits per heavy atom. The maximum Gasteiger partial charge on any atom is 0.417 e. The zero-order valence-electron chi connectivity index (χ0n) is 19.7. The molecular formula is C27H28F3N3O2S. The minimum absolute atomic E-state index is 0.0257. The smallest absolute Gasteiger partial charge is 0.367 e. The molecule has 0 saturated heterocycles. The van der Waals surface area contributed by atoms with E-state index < -0.39 is 26.8 Å². The number of hydrogen-bond donors (Lipinski definition) is 2. The van der Waals surface area contributed by atoms with Crippen molar-refractivity contribution >= 4 is 15.7 Å². The molecule has 0 amide bonds. The van der Waals surface area contributed by atoms with E-state index in [4.69, 9.17) is 0 Å². The summed E-state index contributed by atoms with van der Waals surface area (Å²) in [5.74, 6) is 0.364. The van der Waals surface area contributed by atoms with Crippen molar-refractivity contribution in [2.24, 2.45) is 0 Å². The fourth-order valence-electron chi connectivity index (χ4n) is 5.06. The van der Waals surface area contributed by atoms with Crippen LogP contribution in [-0.4, -0.2) is 31.2 Å². The van der Waals surface area contributed by atoms with Gasteiger partial charge in [0.2, 0.25) is 0 Å². The molecule has 0 radical (unpaired) electrons. The van der Waals surface area contributed by atoms with E-state index in [-0.39, 0.29) is 6.04 Å². The quantitative estimate of drug-likeness (QED) is 0.462. The summed E-state index contributed by atoms with van der Waals surface area (Å²) in [6, 6.07) is 15.8. The summed E-state index contributed by atoms with van der Waals surface area (Å²) < 4.78 is 64.7. The first-order valence-electron chi connectivity index (χ1n) is 12.2. The molecule has 2 aliphatic rings. The van der Waals surface area contributed by atoms with Gasteiger partial charge in [-0.3, -0.25) is 0 Å². The number of pyridine rings is 1. The largest absolute Gasteiger partial charge is 0.417 e. The molecule has 1 fully saturated rings. The second kappa shape index (κ2) is 9.86. The van der Waals surface area contributed by atoms with E-state index in [2.05, 4.69) is 33.8 Å². The van der Waals surface area contributed by atoms with Gasteiger partial charge in [-0.15, -0.1) is 0 Å². The molecule has 0 bridgehead atoms. The summed E-state index contributed by atoms with van der Waals surface area (Å²) in [4.78, 5) is 4.19. The van der Waals surface area contributed by atoms with Crippen LogP contribution in [0.5, 0.6) is 0 Å². The first-order valence-corrected chi connectivity index (χ1v) is 13.7. The lowest BCUT2D eigenvalue weighted by Crippen LogP contribution is -2.33. The van der Waals surface area contributed by atoms with E-state index >= 15 is 0 Å². The van der Waals surface area contributed by atoms with Crippen LogP contribution >= 0.6 is 0 Å². The van der Waals surface area contributed by atoms with Gasteiger partial charge in [-0.05, 0) is 85.2 Å². The first-order chi connectivity index (χ1) is 17.2. The Morgan fingerprint density at radius 1 is 0.889 bits per heavy atom. The molecule has 1 aromatic heterocycles. The predicted octanol–water partition coefficient (Wildman–Crippen LogP) is 5.61.